The Bertz CT molecular complexity index is 788. The summed E-state index contributed by atoms with van der Waals surface area (Å²) in [5.41, 5.74) is 0.953. The van der Waals surface area contributed by atoms with Gasteiger partial charge >= 0.3 is 0 Å². The van der Waals surface area contributed by atoms with Gasteiger partial charge in [0.05, 0.1) is 6.34 Å². The number of hydrogen-bond acceptors (Lipinski definition) is 3. The Morgan fingerprint density at radius 3 is 2.38 bits per heavy atom. The largest absolute Gasteiger partial charge is 0.338 e. The van der Waals surface area contributed by atoms with E-state index in [9.17, 15) is 9.59 Å². The van der Waals surface area contributed by atoms with Gasteiger partial charge in [-0.15, -0.1) is 0 Å². The average molecular weight is 362 g/mol. The lowest BCUT2D eigenvalue weighted by Gasteiger charge is -2.28. The summed E-state index contributed by atoms with van der Waals surface area (Å²) in [7, 11) is 0. The van der Waals surface area contributed by atoms with E-state index >= 15 is 0 Å². The van der Waals surface area contributed by atoms with E-state index in [2.05, 4.69) is 15.6 Å². The molecule has 7 heteroatoms. The minimum absolute atomic E-state index is 0.374. The molecule has 0 spiro atoms. The van der Waals surface area contributed by atoms with Gasteiger partial charge in [-0.05, 0) is 24.3 Å². The molecule has 0 aromatic heterocycles. The molecule has 2 aromatic rings. The SMILES string of the molecule is O=C(NC1C(=O)NC=NC1c1c(Cl)cccc1Cl)c1ccccc1. The number of carbonyl (C=O) groups excluding carboxylic acids is 2. The van der Waals surface area contributed by atoms with Gasteiger partial charge in [-0.25, -0.2) is 0 Å². The van der Waals surface area contributed by atoms with Gasteiger partial charge in [0.25, 0.3) is 5.91 Å². The molecular weight excluding hydrogens is 349 g/mol. The molecule has 1 heterocycles. The number of nitrogens with one attached hydrogen (secondary N) is 2. The van der Waals surface area contributed by atoms with Crippen LogP contribution in [0.3, 0.4) is 0 Å². The first-order chi connectivity index (χ1) is 11.6. The maximum absolute atomic E-state index is 12.4. The highest BCUT2D eigenvalue weighted by Gasteiger charge is 2.35. The summed E-state index contributed by atoms with van der Waals surface area (Å²) in [5.74, 6) is -0.753. The third-order valence-corrected chi connectivity index (χ3v) is 4.32. The van der Waals surface area contributed by atoms with Gasteiger partial charge in [-0.2, -0.15) is 0 Å². The molecule has 0 fully saturated rings. The highest BCUT2D eigenvalue weighted by molar-refractivity contribution is 6.36. The zero-order chi connectivity index (χ0) is 17.1. The molecule has 0 aliphatic carbocycles. The van der Waals surface area contributed by atoms with Crippen LogP contribution in [0.25, 0.3) is 0 Å². The zero-order valence-electron chi connectivity index (χ0n) is 12.4. The van der Waals surface area contributed by atoms with Gasteiger partial charge in [0.1, 0.15) is 12.1 Å². The molecule has 2 N–H and O–H groups in total. The number of hydrogen-bond donors (Lipinski definition) is 2. The predicted molar refractivity (Wildman–Crippen MR) is 93.5 cm³/mol. The molecule has 122 valence electrons. The van der Waals surface area contributed by atoms with Crippen molar-refractivity contribution < 1.29 is 9.59 Å². The Balaban J connectivity index is 1.93. The maximum atomic E-state index is 12.4. The molecule has 1 aliphatic rings. The van der Waals surface area contributed by atoms with E-state index in [-0.39, 0.29) is 11.8 Å². The van der Waals surface area contributed by atoms with Gasteiger partial charge in [0, 0.05) is 21.2 Å². The van der Waals surface area contributed by atoms with Crippen molar-refractivity contribution in [1.82, 2.24) is 10.6 Å². The van der Waals surface area contributed by atoms with Crippen molar-refractivity contribution in [2.75, 3.05) is 0 Å². The van der Waals surface area contributed by atoms with Crippen molar-refractivity contribution >= 4 is 41.4 Å². The summed E-state index contributed by atoms with van der Waals surface area (Å²) in [5, 5.41) is 5.98. The van der Waals surface area contributed by atoms with Crippen LogP contribution in [0.2, 0.25) is 10.0 Å². The molecule has 0 saturated heterocycles. The summed E-state index contributed by atoms with van der Waals surface area (Å²) in [4.78, 5) is 28.9. The molecule has 1 aliphatic heterocycles. The molecule has 2 aromatic carbocycles. The van der Waals surface area contributed by atoms with Crippen LogP contribution in [0.1, 0.15) is 22.0 Å². The molecule has 0 bridgehead atoms. The number of halogens is 2. The summed E-state index contributed by atoms with van der Waals surface area (Å²) in [6, 6.07) is 12.1. The van der Waals surface area contributed by atoms with Crippen LogP contribution in [0, 0.1) is 0 Å². The Hall–Kier alpha value is -2.37. The number of amides is 2. The summed E-state index contributed by atoms with van der Waals surface area (Å²) in [6.45, 7) is 0. The lowest BCUT2D eigenvalue weighted by Crippen LogP contribution is -2.52. The fourth-order valence-corrected chi connectivity index (χ4v) is 3.11. The first-order valence-corrected chi connectivity index (χ1v) is 7.95. The number of carbonyl (C=O) groups is 2. The molecule has 0 radical (unpaired) electrons. The number of nitrogens with zero attached hydrogens (tertiary/aromatic N) is 1. The second-order valence-electron chi connectivity index (χ2n) is 5.18. The van der Waals surface area contributed by atoms with E-state index in [0.29, 0.717) is 21.2 Å². The first kappa shape index (κ1) is 16.5. The Morgan fingerprint density at radius 1 is 1.04 bits per heavy atom. The second-order valence-corrected chi connectivity index (χ2v) is 6.00. The molecule has 2 atom stereocenters. The third-order valence-electron chi connectivity index (χ3n) is 3.66. The van der Waals surface area contributed by atoms with Crippen LogP contribution < -0.4 is 10.6 Å². The summed E-state index contributed by atoms with van der Waals surface area (Å²) < 4.78 is 0. The Labute approximate surface area is 148 Å². The van der Waals surface area contributed by atoms with E-state index in [0.717, 1.165) is 0 Å². The van der Waals surface area contributed by atoms with E-state index in [1.165, 1.54) is 6.34 Å². The van der Waals surface area contributed by atoms with E-state index in [1.54, 1.807) is 48.5 Å². The van der Waals surface area contributed by atoms with E-state index in [1.807, 2.05) is 0 Å². The van der Waals surface area contributed by atoms with Crippen molar-refractivity contribution in [2.45, 2.75) is 12.1 Å². The minimum Gasteiger partial charge on any atom is -0.338 e. The molecular formula is C17H13Cl2N3O2. The quantitative estimate of drug-likeness (QED) is 0.881. The van der Waals surface area contributed by atoms with Crippen LogP contribution in [0.5, 0.6) is 0 Å². The Kier molecular flexibility index (Phi) is 4.83. The van der Waals surface area contributed by atoms with Gasteiger partial charge in [-0.1, -0.05) is 47.5 Å². The lowest BCUT2D eigenvalue weighted by molar-refractivity contribution is -0.122. The van der Waals surface area contributed by atoms with Gasteiger partial charge in [0.2, 0.25) is 5.91 Å². The smallest absolute Gasteiger partial charge is 0.252 e. The van der Waals surface area contributed by atoms with Crippen molar-refractivity contribution in [3.05, 3.63) is 69.7 Å². The molecule has 3 rings (SSSR count). The number of benzene rings is 2. The van der Waals surface area contributed by atoms with Gasteiger partial charge < -0.3 is 10.6 Å². The summed E-state index contributed by atoms with van der Waals surface area (Å²) >= 11 is 12.5. The third kappa shape index (κ3) is 3.27. The first-order valence-electron chi connectivity index (χ1n) is 7.20. The topological polar surface area (TPSA) is 70.6 Å². The highest BCUT2D eigenvalue weighted by atomic mass is 35.5. The van der Waals surface area contributed by atoms with E-state index in [4.69, 9.17) is 23.2 Å². The number of aliphatic imine (C=N–C) groups is 1. The fraction of sp³-hybridized carbons (Fsp3) is 0.118. The maximum Gasteiger partial charge on any atom is 0.252 e. The predicted octanol–water partition coefficient (Wildman–Crippen LogP) is 2.99. The average Bonchev–Trinajstić information content (AvgIpc) is 2.58. The van der Waals surface area contributed by atoms with Crippen LogP contribution in [0.15, 0.2) is 53.5 Å². The van der Waals surface area contributed by atoms with Crippen molar-refractivity contribution in [1.29, 1.82) is 0 Å². The number of rotatable bonds is 3. The lowest BCUT2D eigenvalue weighted by atomic mass is 9.97. The molecule has 2 unspecified atom stereocenters. The van der Waals surface area contributed by atoms with Gasteiger partial charge in [-0.3, -0.25) is 14.6 Å². The van der Waals surface area contributed by atoms with Crippen molar-refractivity contribution in [2.24, 2.45) is 4.99 Å². The van der Waals surface area contributed by atoms with Crippen LogP contribution in [-0.4, -0.2) is 24.2 Å². The zero-order valence-corrected chi connectivity index (χ0v) is 13.9. The van der Waals surface area contributed by atoms with Crippen LogP contribution >= 0.6 is 23.2 Å². The van der Waals surface area contributed by atoms with Crippen molar-refractivity contribution in [3.8, 4) is 0 Å². The molecule has 0 saturated carbocycles. The minimum atomic E-state index is -0.917. The highest BCUT2D eigenvalue weighted by Crippen LogP contribution is 2.35. The molecule has 5 nitrogen and oxygen atoms in total. The van der Waals surface area contributed by atoms with E-state index < -0.39 is 12.1 Å². The van der Waals surface area contributed by atoms with Crippen LogP contribution in [0.4, 0.5) is 0 Å². The monoisotopic (exact) mass is 361 g/mol. The standard InChI is InChI=1S/C17H13Cl2N3O2/c18-11-7-4-8-12(19)13(11)14-15(17(24)21-9-20-14)22-16(23)10-5-2-1-3-6-10/h1-9,14-15H,(H,22,23)(H,20,21,24). The second kappa shape index (κ2) is 7.03. The fourth-order valence-electron chi connectivity index (χ4n) is 2.49. The normalized spacial score (nSPS) is 19.7. The van der Waals surface area contributed by atoms with Crippen LogP contribution in [-0.2, 0) is 4.79 Å². The Morgan fingerprint density at radius 2 is 1.71 bits per heavy atom. The molecule has 2 amide bonds. The van der Waals surface area contributed by atoms with Crippen molar-refractivity contribution in [3.63, 3.8) is 0 Å². The molecule has 24 heavy (non-hydrogen) atoms. The summed E-state index contributed by atoms with van der Waals surface area (Å²) in [6.07, 6.45) is 1.29. The van der Waals surface area contributed by atoms with Gasteiger partial charge in [0.15, 0.2) is 0 Å².